The van der Waals surface area contributed by atoms with Gasteiger partial charge in [0.15, 0.2) is 0 Å². The highest BCUT2D eigenvalue weighted by Gasteiger charge is 2.18. The van der Waals surface area contributed by atoms with Crippen LogP contribution in [0.25, 0.3) is 11.1 Å². The molecule has 8 heteroatoms. The Hall–Kier alpha value is -2.84. The lowest BCUT2D eigenvalue weighted by molar-refractivity contribution is 0.102. The van der Waals surface area contributed by atoms with Gasteiger partial charge in [0.2, 0.25) is 0 Å². The Kier molecular flexibility index (Phi) is 6.35. The van der Waals surface area contributed by atoms with E-state index in [-0.39, 0.29) is 5.91 Å². The minimum atomic E-state index is -0.187. The lowest BCUT2D eigenvalue weighted by atomic mass is 10.0. The van der Waals surface area contributed by atoms with Crippen molar-refractivity contribution in [1.29, 1.82) is 0 Å². The molecule has 1 atom stereocenters. The molecule has 0 radical (unpaired) electrons. The Labute approximate surface area is 180 Å². The molecule has 0 aliphatic carbocycles. The highest BCUT2D eigenvalue weighted by atomic mass is 32.1. The molecule has 0 saturated carbocycles. The zero-order valence-electron chi connectivity index (χ0n) is 17.1. The van der Waals surface area contributed by atoms with Crippen molar-refractivity contribution >= 4 is 23.1 Å². The minimum absolute atomic E-state index is 0.187. The number of hydrogen-bond donors (Lipinski definition) is 2. The maximum absolute atomic E-state index is 12.5. The molecule has 1 aliphatic rings. The number of rotatable bonds is 6. The summed E-state index contributed by atoms with van der Waals surface area (Å²) in [6.45, 7) is 5.55. The first kappa shape index (κ1) is 20.4. The fourth-order valence-corrected chi connectivity index (χ4v) is 4.21. The zero-order valence-corrected chi connectivity index (χ0v) is 18.0. The summed E-state index contributed by atoms with van der Waals surface area (Å²) in [5.41, 5.74) is 4.77. The molecule has 4 rings (SSSR count). The van der Waals surface area contributed by atoms with Crippen LogP contribution in [0, 0.1) is 13.8 Å². The van der Waals surface area contributed by atoms with Gasteiger partial charge in [0.1, 0.15) is 18.7 Å². The number of amides is 1. The molecule has 3 aromatic rings. The molecule has 156 valence electrons. The number of carbonyl (C=O) groups excluding carboxylic acids is 1. The van der Waals surface area contributed by atoms with Crippen LogP contribution in [0.3, 0.4) is 0 Å². The molecule has 0 bridgehead atoms. The monoisotopic (exact) mass is 423 g/mol. The van der Waals surface area contributed by atoms with E-state index in [1.807, 2.05) is 32.0 Å². The van der Waals surface area contributed by atoms with Crippen LogP contribution < -0.4 is 15.4 Å². The van der Waals surface area contributed by atoms with Gasteiger partial charge in [0.25, 0.3) is 5.91 Å². The second-order valence-corrected chi connectivity index (χ2v) is 8.11. The summed E-state index contributed by atoms with van der Waals surface area (Å²) in [5, 5.41) is 8.18. The molecule has 0 unspecified atom stereocenters. The van der Waals surface area contributed by atoms with Gasteiger partial charge in [0.05, 0.1) is 11.8 Å². The number of anilines is 1. The number of nitrogens with zero attached hydrogens (tertiary/aromatic N) is 3. The molecule has 3 heterocycles. The van der Waals surface area contributed by atoms with E-state index < -0.39 is 0 Å². The van der Waals surface area contributed by atoms with E-state index in [4.69, 9.17) is 4.74 Å². The maximum Gasteiger partial charge on any atom is 0.258 e. The van der Waals surface area contributed by atoms with Crippen molar-refractivity contribution in [2.45, 2.75) is 39.2 Å². The topological polar surface area (TPSA) is 89.0 Å². The number of hydrogen-bond acceptors (Lipinski definition) is 7. The first-order chi connectivity index (χ1) is 14.6. The number of ether oxygens (including phenoxy) is 1. The van der Waals surface area contributed by atoms with E-state index in [9.17, 15) is 4.79 Å². The zero-order chi connectivity index (χ0) is 20.9. The molecule has 1 amide bonds. The Morgan fingerprint density at radius 3 is 2.80 bits per heavy atom. The van der Waals surface area contributed by atoms with Crippen LogP contribution in [0.4, 0.5) is 5.69 Å². The van der Waals surface area contributed by atoms with Crippen LogP contribution in [-0.2, 0) is 0 Å². The highest BCUT2D eigenvalue weighted by molar-refractivity contribution is 7.03. The number of benzene rings is 1. The van der Waals surface area contributed by atoms with Crippen molar-refractivity contribution in [2.75, 3.05) is 18.5 Å². The van der Waals surface area contributed by atoms with Crippen molar-refractivity contribution in [1.82, 2.24) is 19.7 Å². The first-order valence-corrected chi connectivity index (χ1v) is 10.9. The summed E-state index contributed by atoms with van der Waals surface area (Å²) in [4.78, 5) is 21.2. The van der Waals surface area contributed by atoms with Crippen molar-refractivity contribution < 1.29 is 9.53 Å². The van der Waals surface area contributed by atoms with Gasteiger partial charge in [-0.25, -0.2) is 14.3 Å². The third-order valence-electron chi connectivity index (χ3n) is 5.28. The predicted molar refractivity (Wildman–Crippen MR) is 118 cm³/mol. The molecule has 30 heavy (non-hydrogen) atoms. The van der Waals surface area contributed by atoms with E-state index in [2.05, 4.69) is 25.0 Å². The Morgan fingerprint density at radius 1 is 1.27 bits per heavy atom. The van der Waals surface area contributed by atoms with E-state index in [1.54, 1.807) is 17.9 Å². The van der Waals surface area contributed by atoms with E-state index in [0.717, 1.165) is 41.2 Å². The molecule has 1 aliphatic heterocycles. The lowest BCUT2D eigenvalue weighted by Crippen LogP contribution is -2.38. The number of aromatic nitrogens is 3. The Bertz CT molecular complexity index is 996. The van der Waals surface area contributed by atoms with Gasteiger partial charge in [-0.15, -0.1) is 0 Å². The van der Waals surface area contributed by atoms with E-state index in [1.165, 1.54) is 24.4 Å². The largest absolute Gasteiger partial charge is 0.491 e. The summed E-state index contributed by atoms with van der Waals surface area (Å²) >= 11 is 1.25. The summed E-state index contributed by atoms with van der Waals surface area (Å²) in [6.07, 6.45) is 6.69. The molecule has 1 fully saturated rings. The summed E-state index contributed by atoms with van der Waals surface area (Å²) in [5.74, 6) is 0.575. The normalized spacial score (nSPS) is 16.3. The van der Waals surface area contributed by atoms with Crippen molar-refractivity contribution in [3.8, 4) is 16.9 Å². The predicted octanol–water partition coefficient (Wildman–Crippen LogP) is 3.99. The average molecular weight is 424 g/mol. The lowest BCUT2D eigenvalue weighted by Gasteiger charge is -2.24. The fourth-order valence-electron chi connectivity index (χ4n) is 3.69. The van der Waals surface area contributed by atoms with Gasteiger partial charge < -0.3 is 15.4 Å². The van der Waals surface area contributed by atoms with Gasteiger partial charge in [-0.1, -0.05) is 6.42 Å². The van der Waals surface area contributed by atoms with Crippen molar-refractivity contribution in [3.63, 3.8) is 0 Å². The molecular formula is C22H25N5O2S. The third kappa shape index (κ3) is 4.66. The third-order valence-corrected chi connectivity index (χ3v) is 5.87. The molecule has 7 nitrogen and oxygen atoms in total. The summed E-state index contributed by atoms with van der Waals surface area (Å²) in [6, 6.07) is 6.05. The quantitative estimate of drug-likeness (QED) is 0.623. The van der Waals surface area contributed by atoms with Crippen molar-refractivity contribution in [2.24, 2.45) is 0 Å². The van der Waals surface area contributed by atoms with Crippen LogP contribution in [0.5, 0.6) is 5.75 Å². The Morgan fingerprint density at radius 2 is 2.10 bits per heavy atom. The van der Waals surface area contributed by atoms with Crippen LogP contribution >= 0.6 is 11.5 Å². The van der Waals surface area contributed by atoms with Crippen LogP contribution in [0.2, 0.25) is 0 Å². The first-order valence-electron chi connectivity index (χ1n) is 10.1. The number of aryl methyl sites for hydroxylation is 2. The van der Waals surface area contributed by atoms with Gasteiger partial charge in [-0.3, -0.25) is 4.79 Å². The van der Waals surface area contributed by atoms with E-state index >= 15 is 0 Å². The SMILES string of the molecule is Cc1ncnc(C)c1-c1cc(NC(=O)c2cnsc2)ccc1OC[C@H]1CCCCN1. The smallest absolute Gasteiger partial charge is 0.258 e. The van der Waals surface area contributed by atoms with Crippen molar-refractivity contribution in [3.05, 3.63) is 53.1 Å². The maximum atomic E-state index is 12.5. The second kappa shape index (κ2) is 9.32. The van der Waals surface area contributed by atoms with Gasteiger partial charge in [0, 0.05) is 39.6 Å². The number of carbonyl (C=O) groups is 1. The summed E-state index contributed by atoms with van der Waals surface area (Å²) < 4.78 is 10.2. The van der Waals surface area contributed by atoms with Gasteiger partial charge >= 0.3 is 0 Å². The molecular weight excluding hydrogens is 398 g/mol. The number of piperidine rings is 1. The molecule has 0 spiro atoms. The molecule has 2 aromatic heterocycles. The Balaban J connectivity index is 1.64. The summed E-state index contributed by atoms with van der Waals surface area (Å²) in [7, 11) is 0. The molecule has 1 saturated heterocycles. The second-order valence-electron chi connectivity index (χ2n) is 7.46. The van der Waals surface area contributed by atoms with Gasteiger partial charge in [-0.2, -0.15) is 0 Å². The van der Waals surface area contributed by atoms with E-state index in [0.29, 0.717) is 23.9 Å². The highest BCUT2D eigenvalue weighted by Crippen LogP contribution is 2.36. The van der Waals surface area contributed by atoms with Gasteiger partial charge in [-0.05, 0) is 63.0 Å². The average Bonchev–Trinajstić information content (AvgIpc) is 3.29. The van der Waals surface area contributed by atoms with Crippen LogP contribution in [0.15, 0.2) is 36.1 Å². The molecule has 2 N–H and O–H groups in total. The van der Waals surface area contributed by atoms with Crippen LogP contribution in [-0.4, -0.2) is 39.4 Å². The fraction of sp³-hybridized carbons (Fsp3) is 0.364. The van der Waals surface area contributed by atoms with Crippen LogP contribution in [0.1, 0.15) is 41.0 Å². The molecule has 1 aromatic carbocycles. The standard InChI is InChI=1S/C22H25N5O2S/c1-14-21(15(2)25-13-24-14)19-9-17(27-22(28)16-10-26-30-12-16)6-7-20(19)29-11-18-5-3-4-8-23-18/h6-7,9-10,12-13,18,23H,3-5,8,11H2,1-2H3,(H,27,28)/t18-/m1/s1. The minimum Gasteiger partial charge on any atom is -0.491 e. The number of nitrogens with one attached hydrogen (secondary N) is 2.